The zero-order valence-electron chi connectivity index (χ0n) is 11.6. The Hall–Kier alpha value is -1.59. The van der Waals surface area contributed by atoms with Crippen molar-refractivity contribution in [2.75, 3.05) is 6.61 Å². The van der Waals surface area contributed by atoms with Gasteiger partial charge in [0, 0.05) is 12.5 Å². The van der Waals surface area contributed by atoms with Crippen LogP contribution >= 0.6 is 0 Å². The van der Waals surface area contributed by atoms with E-state index in [1.54, 1.807) is 31.2 Å². The van der Waals surface area contributed by atoms with E-state index in [0.717, 1.165) is 18.4 Å². The van der Waals surface area contributed by atoms with Crippen LogP contribution in [0.15, 0.2) is 24.3 Å². The predicted octanol–water partition coefficient (Wildman–Crippen LogP) is 1.54. The molecule has 0 aromatic heterocycles. The number of rotatable bonds is 8. The highest BCUT2D eigenvalue weighted by atomic mass is 16.5. The number of hydrogen-bond donors (Lipinski definition) is 3. The zero-order chi connectivity index (χ0) is 14.6. The van der Waals surface area contributed by atoms with Gasteiger partial charge < -0.3 is 14.9 Å². The van der Waals surface area contributed by atoms with E-state index < -0.39 is 11.5 Å². The number of aliphatic hydroxyl groups is 1. The van der Waals surface area contributed by atoms with Crippen molar-refractivity contribution in [1.29, 1.82) is 0 Å². The number of ether oxygens (including phenoxy) is 1. The second kappa shape index (κ2) is 6.24. The summed E-state index contributed by atoms with van der Waals surface area (Å²) in [6.45, 7) is 2.04. The minimum Gasteiger partial charge on any atom is -0.494 e. The Morgan fingerprint density at radius 1 is 1.40 bits per heavy atom. The van der Waals surface area contributed by atoms with Gasteiger partial charge in [-0.1, -0.05) is 12.1 Å². The summed E-state index contributed by atoms with van der Waals surface area (Å²) in [6, 6.07) is 7.46. The van der Waals surface area contributed by atoms with Gasteiger partial charge in [0.15, 0.2) is 0 Å². The largest absolute Gasteiger partial charge is 0.494 e. The van der Waals surface area contributed by atoms with E-state index in [2.05, 4.69) is 5.32 Å². The molecule has 1 aromatic rings. The van der Waals surface area contributed by atoms with E-state index in [4.69, 9.17) is 9.84 Å². The number of carboxylic acids is 1. The highest BCUT2D eigenvalue weighted by Crippen LogP contribution is 2.24. The van der Waals surface area contributed by atoms with Crippen molar-refractivity contribution >= 4 is 5.97 Å². The van der Waals surface area contributed by atoms with E-state index in [1.807, 2.05) is 0 Å². The van der Waals surface area contributed by atoms with Gasteiger partial charge in [-0.15, -0.1) is 0 Å². The topological polar surface area (TPSA) is 78.8 Å². The molecule has 0 aliphatic heterocycles. The summed E-state index contributed by atoms with van der Waals surface area (Å²) < 4.78 is 5.57. The lowest BCUT2D eigenvalue weighted by atomic mass is 9.98. The molecule has 5 heteroatoms. The third kappa shape index (κ3) is 3.95. The molecule has 1 unspecified atom stereocenters. The molecule has 0 heterocycles. The number of carbonyl (C=O) groups is 1. The molecule has 0 saturated heterocycles. The van der Waals surface area contributed by atoms with Crippen LogP contribution in [-0.4, -0.2) is 34.4 Å². The SMILES string of the molecule is CC(CCOc1ccc(CO)cc1)(NC1CC1)C(=O)O. The molecule has 1 aliphatic carbocycles. The quantitative estimate of drug-likeness (QED) is 0.673. The minimum absolute atomic E-state index is 0.00265. The Morgan fingerprint density at radius 2 is 2.05 bits per heavy atom. The number of aliphatic hydroxyl groups excluding tert-OH is 1. The first-order valence-electron chi connectivity index (χ1n) is 6.87. The van der Waals surface area contributed by atoms with Crippen LogP contribution in [0.5, 0.6) is 5.75 Å². The maximum atomic E-state index is 11.4. The van der Waals surface area contributed by atoms with Gasteiger partial charge in [0.1, 0.15) is 11.3 Å². The van der Waals surface area contributed by atoms with Crippen molar-refractivity contribution in [3.05, 3.63) is 29.8 Å². The minimum atomic E-state index is -0.938. The van der Waals surface area contributed by atoms with Gasteiger partial charge in [-0.05, 0) is 37.5 Å². The van der Waals surface area contributed by atoms with Crippen molar-refractivity contribution in [3.8, 4) is 5.75 Å². The fourth-order valence-electron chi connectivity index (χ4n) is 1.98. The van der Waals surface area contributed by atoms with Crippen molar-refractivity contribution in [3.63, 3.8) is 0 Å². The normalized spacial score (nSPS) is 17.5. The Morgan fingerprint density at radius 3 is 2.55 bits per heavy atom. The van der Waals surface area contributed by atoms with Crippen LogP contribution < -0.4 is 10.1 Å². The molecule has 1 aliphatic rings. The highest BCUT2D eigenvalue weighted by Gasteiger charge is 2.38. The first-order valence-corrected chi connectivity index (χ1v) is 6.87. The van der Waals surface area contributed by atoms with E-state index in [9.17, 15) is 9.90 Å². The Kier molecular flexibility index (Phi) is 4.62. The molecule has 20 heavy (non-hydrogen) atoms. The van der Waals surface area contributed by atoms with Gasteiger partial charge in [0.2, 0.25) is 0 Å². The highest BCUT2D eigenvalue weighted by molar-refractivity contribution is 5.78. The summed E-state index contributed by atoms with van der Waals surface area (Å²) >= 11 is 0. The molecule has 1 fully saturated rings. The summed E-state index contributed by atoms with van der Waals surface area (Å²) in [4.78, 5) is 11.4. The molecule has 0 amide bonds. The molecule has 0 spiro atoms. The standard InChI is InChI=1S/C15H21NO4/c1-15(14(18)19,16-12-4-5-12)8-9-20-13-6-2-11(10-17)3-7-13/h2-3,6-7,12,16-17H,4-5,8-10H2,1H3,(H,18,19). The summed E-state index contributed by atoms with van der Waals surface area (Å²) in [6.07, 6.45) is 2.50. The number of carboxylic acid groups (broad SMARTS) is 1. The molecular weight excluding hydrogens is 258 g/mol. The Bertz CT molecular complexity index is 455. The van der Waals surface area contributed by atoms with Crippen LogP contribution in [0.2, 0.25) is 0 Å². The number of hydrogen-bond acceptors (Lipinski definition) is 4. The van der Waals surface area contributed by atoms with Crippen molar-refractivity contribution in [2.45, 2.75) is 44.4 Å². The van der Waals surface area contributed by atoms with Crippen LogP contribution in [-0.2, 0) is 11.4 Å². The molecule has 1 saturated carbocycles. The van der Waals surface area contributed by atoms with Crippen LogP contribution in [0.1, 0.15) is 31.7 Å². The molecule has 5 nitrogen and oxygen atoms in total. The first-order chi connectivity index (χ1) is 9.53. The summed E-state index contributed by atoms with van der Waals surface area (Å²) in [5, 5.41) is 21.4. The van der Waals surface area contributed by atoms with Gasteiger partial charge in [-0.25, -0.2) is 0 Å². The fraction of sp³-hybridized carbons (Fsp3) is 0.533. The van der Waals surface area contributed by atoms with Gasteiger partial charge in [-0.3, -0.25) is 10.1 Å². The van der Waals surface area contributed by atoms with E-state index in [1.165, 1.54) is 0 Å². The van der Waals surface area contributed by atoms with Gasteiger partial charge >= 0.3 is 5.97 Å². The molecule has 110 valence electrons. The monoisotopic (exact) mass is 279 g/mol. The number of benzene rings is 1. The summed E-state index contributed by atoms with van der Waals surface area (Å²) in [7, 11) is 0. The number of aliphatic carboxylic acids is 1. The molecule has 0 radical (unpaired) electrons. The molecular formula is C15H21NO4. The average Bonchev–Trinajstić information content (AvgIpc) is 3.23. The fourth-order valence-corrected chi connectivity index (χ4v) is 1.98. The lowest BCUT2D eigenvalue weighted by molar-refractivity contribution is -0.144. The first kappa shape index (κ1) is 14.8. The van der Waals surface area contributed by atoms with Crippen LogP contribution in [0.3, 0.4) is 0 Å². The maximum absolute atomic E-state index is 11.4. The van der Waals surface area contributed by atoms with Crippen LogP contribution in [0.25, 0.3) is 0 Å². The van der Waals surface area contributed by atoms with E-state index in [0.29, 0.717) is 24.8 Å². The second-order valence-corrected chi connectivity index (χ2v) is 5.46. The van der Waals surface area contributed by atoms with Crippen molar-refractivity contribution in [1.82, 2.24) is 5.32 Å². The molecule has 1 atom stereocenters. The van der Waals surface area contributed by atoms with E-state index in [-0.39, 0.29) is 6.61 Å². The molecule has 1 aromatic carbocycles. The third-order valence-corrected chi connectivity index (χ3v) is 3.55. The summed E-state index contributed by atoms with van der Waals surface area (Å²) in [5.74, 6) is -0.162. The van der Waals surface area contributed by atoms with Gasteiger partial charge in [0.25, 0.3) is 0 Å². The van der Waals surface area contributed by atoms with E-state index >= 15 is 0 Å². The zero-order valence-corrected chi connectivity index (χ0v) is 11.6. The maximum Gasteiger partial charge on any atom is 0.323 e. The second-order valence-electron chi connectivity index (χ2n) is 5.46. The Balaban J connectivity index is 1.84. The lowest BCUT2D eigenvalue weighted by Gasteiger charge is -2.26. The molecule has 0 bridgehead atoms. The molecule has 3 N–H and O–H groups in total. The predicted molar refractivity (Wildman–Crippen MR) is 74.7 cm³/mol. The van der Waals surface area contributed by atoms with Crippen LogP contribution in [0.4, 0.5) is 0 Å². The molecule has 2 rings (SSSR count). The van der Waals surface area contributed by atoms with Crippen molar-refractivity contribution in [2.24, 2.45) is 0 Å². The number of nitrogens with one attached hydrogen (secondary N) is 1. The van der Waals surface area contributed by atoms with Gasteiger partial charge in [0.05, 0.1) is 13.2 Å². The lowest BCUT2D eigenvalue weighted by Crippen LogP contribution is -2.51. The van der Waals surface area contributed by atoms with Gasteiger partial charge in [-0.2, -0.15) is 0 Å². The smallest absolute Gasteiger partial charge is 0.323 e. The van der Waals surface area contributed by atoms with Crippen molar-refractivity contribution < 1.29 is 19.7 Å². The average molecular weight is 279 g/mol. The van der Waals surface area contributed by atoms with Crippen LogP contribution in [0, 0.1) is 0 Å². The summed E-state index contributed by atoms with van der Waals surface area (Å²) in [5.41, 5.74) is -0.116. The third-order valence-electron chi connectivity index (χ3n) is 3.55. The Labute approximate surface area is 118 Å².